The van der Waals surface area contributed by atoms with Gasteiger partial charge in [0.2, 0.25) is 0 Å². The van der Waals surface area contributed by atoms with Crippen molar-refractivity contribution in [1.29, 1.82) is 0 Å². The first-order chi connectivity index (χ1) is 7.10. The van der Waals surface area contributed by atoms with E-state index in [1.54, 1.807) is 0 Å². The average molecular weight is 212 g/mol. The van der Waals surface area contributed by atoms with E-state index in [0.717, 1.165) is 5.92 Å². The number of likely N-dealkylation sites (tertiary alicyclic amines) is 1. The Kier molecular flexibility index (Phi) is 5.07. The van der Waals surface area contributed by atoms with Gasteiger partial charge in [0.1, 0.15) is 0 Å². The van der Waals surface area contributed by atoms with Crippen LogP contribution in [0.5, 0.6) is 0 Å². The third-order valence-electron chi connectivity index (χ3n) is 3.81. The lowest BCUT2D eigenvalue weighted by Gasteiger charge is -2.44. The van der Waals surface area contributed by atoms with Crippen molar-refractivity contribution in [3.8, 4) is 0 Å². The molecule has 2 heteroatoms. The zero-order valence-electron chi connectivity index (χ0n) is 11.0. The van der Waals surface area contributed by atoms with E-state index in [4.69, 9.17) is 0 Å². The highest BCUT2D eigenvalue weighted by Crippen LogP contribution is 2.34. The molecule has 1 unspecified atom stereocenters. The van der Waals surface area contributed by atoms with Crippen LogP contribution in [0.15, 0.2) is 0 Å². The molecule has 0 bridgehead atoms. The van der Waals surface area contributed by atoms with Crippen LogP contribution >= 0.6 is 0 Å². The van der Waals surface area contributed by atoms with E-state index >= 15 is 0 Å². The molecule has 1 atom stereocenters. The Labute approximate surface area is 95.4 Å². The standard InChI is InChI=1S/C13H28N2/c1-5-6-8-15-9-7-12(10-14-4)13(2,3)11-15/h12,14H,5-11H2,1-4H3. The van der Waals surface area contributed by atoms with Gasteiger partial charge in [-0.2, -0.15) is 0 Å². The van der Waals surface area contributed by atoms with Gasteiger partial charge in [0.05, 0.1) is 0 Å². The maximum Gasteiger partial charge on any atom is 0.00358 e. The Morgan fingerprint density at radius 1 is 1.40 bits per heavy atom. The van der Waals surface area contributed by atoms with Gasteiger partial charge in [-0.15, -0.1) is 0 Å². The first-order valence-electron chi connectivity index (χ1n) is 6.47. The predicted molar refractivity (Wildman–Crippen MR) is 67.2 cm³/mol. The zero-order valence-corrected chi connectivity index (χ0v) is 11.0. The molecule has 0 radical (unpaired) electrons. The molecule has 1 aliphatic rings. The normalized spacial score (nSPS) is 26.8. The second kappa shape index (κ2) is 5.86. The fourth-order valence-electron chi connectivity index (χ4n) is 2.71. The molecule has 0 spiro atoms. The molecule has 1 fully saturated rings. The van der Waals surface area contributed by atoms with Gasteiger partial charge in [-0.1, -0.05) is 27.2 Å². The SMILES string of the molecule is CCCCN1CCC(CNC)C(C)(C)C1. The number of piperidine rings is 1. The number of nitrogens with one attached hydrogen (secondary N) is 1. The molecule has 2 nitrogen and oxygen atoms in total. The van der Waals surface area contributed by atoms with Gasteiger partial charge in [0, 0.05) is 6.54 Å². The van der Waals surface area contributed by atoms with Crippen molar-refractivity contribution < 1.29 is 0 Å². The molecule has 90 valence electrons. The molecular weight excluding hydrogens is 184 g/mol. The molecule has 1 saturated heterocycles. The summed E-state index contributed by atoms with van der Waals surface area (Å²) >= 11 is 0. The Morgan fingerprint density at radius 2 is 2.13 bits per heavy atom. The highest BCUT2D eigenvalue weighted by atomic mass is 15.1. The molecule has 0 amide bonds. The molecular formula is C13H28N2. The third kappa shape index (κ3) is 3.76. The molecule has 1 aliphatic heterocycles. The Hall–Kier alpha value is -0.0800. The number of rotatable bonds is 5. The fraction of sp³-hybridized carbons (Fsp3) is 1.00. The molecule has 15 heavy (non-hydrogen) atoms. The van der Waals surface area contributed by atoms with Crippen molar-refractivity contribution in [2.24, 2.45) is 11.3 Å². The molecule has 1 N–H and O–H groups in total. The van der Waals surface area contributed by atoms with E-state index in [9.17, 15) is 0 Å². The van der Waals surface area contributed by atoms with Crippen LogP contribution < -0.4 is 5.32 Å². The highest BCUT2D eigenvalue weighted by molar-refractivity contribution is 4.87. The van der Waals surface area contributed by atoms with Crippen LogP contribution in [-0.2, 0) is 0 Å². The van der Waals surface area contributed by atoms with Crippen LogP contribution in [0.2, 0.25) is 0 Å². The van der Waals surface area contributed by atoms with E-state index < -0.39 is 0 Å². The second-order valence-electron chi connectivity index (χ2n) is 5.66. The maximum atomic E-state index is 3.33. The minimum absolute atomic E-state index is 0.481. The lowest BCUT2D eigenvalue weighted by molar-refractivity contribution is 0.0553. The molecule has 1 heterocycles. The average Bonchev–Trinajstić information content (AvgIpc) is 2.18. The van der Waals surface area contributed by atoms with Crippen molar-refractivity contribution in [3.05, 3.63) is 0 Å². The van der Waals surface area contributed by atoms with Gasteiger partial charge in [-0.3, -0.25) is 0 Å². The van der Waals surface area contributed by atoms with Crippen molar-refractivity contribution in [3.63, 3.8) is 0 Å². The van der Waals surface area contributed by atoms with Gasteiger partial charge < -0.3 is 10.2 Å². The van der Waals surface area contributed by atoms with Crippen molar-refractivity contribution in [2.75, 3.05) is 33.2 Å². The molecule has 0 saturated carbocycles. The largest absolute Gasteiger partial charge is 0.319 e. The summed E-state index contributed by atoms with van der Waals surface area (Å²) in [6.45, 7) is 12.2. The monoisotopic (exact) mass is 212 g/mol. The van der Waals surface area contributed by atoms with Gasteiger partial charge in [-0.25, -0.2) is 0 Å². The number of nitrogens with zero attached hydrogens (tertiary/aromatic N) is 1. The Morgan fingerprint density at radius 3 is 2.67 bits per heavy atom. The van der Waals surface area contributed by atoms with Crippen molar-refractivity contribution in [1.82, 2.24) is 10.2 Å². The third-order valence-corrected chi connectivity index (χ3v) is 3.81. The van der Waals surface area contributed by atoms with E-state index in [-0.39, 0.29) is 0 Å². The smallest absolute Gasteiger partial charge is 0.00358 e. The topological polar surface area (TPSA) is 15.3 Å². The van der Waals surface area contributed by atoms with E-state index in [1.165, 1.54) is 45.4 Å². The van der Waals surface area contributed by atoms with E-state index in [2.05, 4.69) is 38.0 Å². The molecule has 1 rings (SSSR count). The van der Waals surface area contributed by atoms with Crippen LogP contribution in [0.3, 0.4) is 0 Å². The molecule has 0 aromatic heterocycles. The lowest BCUT2D eigenvalue weighted by atomic mass is 9.74. The summed E-state index contributed by atoms with van der Waals surface area (Å²) in [7, 11) is 2.07. The summed E-state index contributed by atoms with van der Waals surface area (Å²) in [5, 5.41) is 3.33. The zero-order chi connectivity index (χ0) is 11.3. The minimum Gasteiger partial charge on any atom is -0.319 e. The highest BCUT2D eigenvalue weighted by Gasteiger charge is 2.34. The van der Waals surface area contributed by atoms with Crippen LogP contribution in [0.4, 0.5) is 0 Å². The first kappa shape index (κ1) is 13.0. The summed E-state index contributed by atoms with van der Waals surface area (Å²) in [5.74, 6) is 0.848. The van der Waals surface area contributed by atoms with Crippen LogP contribution in [0.25, 0.3) is 0 Å². The minimum atomic E-state index is 0.481. The molecule has 0 aromatic rings. The number of hydrogen-bond donors (Lipinski definition) is 1. The number of hydrogen-bond acceptors (Lipinski definition) is 2. The van der Waals surface area contributed by atoms with Gasteiger partial charge in [0.25, 0.3) is 0 Å². The van der Waals surface area contributed by atoms with Crippen LogP contribution in [0.1, 0.15) is 40.0 Å². The van der Waals surface area contributed by atoms with E-state index in [0.29, 0.717) is 5.41 Å². The van der Waals surface area contributed by atoms with Crippen molar-refractivity contribution >= 4 is 0 Å². The maximum absolute atomic E-state index is 3.33. The Bertz CT molecular complexity index is 177. The first-order valence-corrected chi connectivity index (χ1v) is 6.47. The summed E-state index contributed by atoms with van der Waals surface area (Å²) in [6, 6.07) is 0. The fourth-order valence-corrected chi connectivity index (χ4v) is 2.71. The summed E-state index contributed by atoms with van der Waals surface area (Å²) in [5.41, 5.74) is 0.481. The van der Waals surface area contributed by atoms with Crippen molar-refractivity contribution in [2.45, 2.75) is 40.0 Å². The second-order valence-corrected chi connectivity index (χ2v) is 5.66. The van der Waals surface area contributed by atoms with Crippen LogP contribution in [-0.4, -0.2) is 38.1 Å². The molecule has 0 aromatic carbocycles. The van der Waals surface area contributed by atoms with Gasteiger partial charge in [0.15, 0.2) is 0 Å². The quantitative estimate of drug-likeness (QED) is 0.752. The Balaban J connectivity index is 2.41. The summed E-state index contributed by atoms with van der Waals surface area (Å²) in [4.78, 5) is 2.65. The van der Waals surface area contributed by atoms with E-state index in [1.807, 2.05) is 0 Å². The predicted octanol–water partition coefficient (Wildman–Crippen LogP) is 2.35. The molecule has 0 aliphatic carbocycles. The number of unbranched alkanes of at least 4 members (excludes halogenated alkanes) is 1. The summed E-state index contributed by atoms with van der Waals surface area (Å²) in [6.07, 6.45) is 4.03. The lowest BCUT2D eigenvalue weighted by Crippen LogP contribution is -2.48. The van der Waals surface area contributed by atoms with Crippen LogP contribution in [0, 0.1) is 11.3 Å². The summed E-state index contributed by atoms with van der Waals surface area (Å²) < 4.78 is 0. The van der Waals surface area contributed by atoms with Gasteiger partial charge >= 0.3 is 0 Å². The van der Waals surface area contributed by atoms with Gasteiger partial charge in [-0.05, 0) is 50.9 Å².